The minimum Gasteiger partial charge on any atom is -0.314 e. The Morgan fingerprint density at radius 1 is 1.17 bits per heavy atom. The maximum Gasteiger partial charge on any atom is 0.245 e. The van der Waals surface area contributed by atoms with Crippen molar-refractivity contribution in [2.24, 2.45) is 0 Å². The highest BCUT2D eigenvalue weighted by Crippen LogP contribution is 2.28. The average Bonchev–Trinajstić information content (AvgIpc) is 2.38. The Hall–Kier alpha value is -1.88. The second-order valence-electron chi connectivity index (χ2n) is 4.17. The maximum atomic E-state index is 11.7. The predicted molar refractivity (Wildman–Crippen MR) is 65.0 cm³/mol. The van der Waals surface area contributed by atoms with Crippen molar-refractivity contribution in [2.45, 2.75) is 20.0 Å². The van der Waals surface area contributed by atoms with Crippen LogP contribution in [0.4, 0.5) is 0 Å². The van der Waals surface area contributed by atoms with Gasteiger partial charge in [-0.2, -0.15) is 5.06 Å². The SMILES string of the molecule is CC(=O)N1CCON(C(C)=O)C1c1ccccc1. The molecule has 1 atom stereocenters. The molecule has 0 spiro atoms. The second kappa shape index (κ2) is 5.18. The first-order valence-electron chi connectivity index (χ1n) is 5.86. The Labute approximate surface area is 106 Å². The largest absolute Gasteiger partial charge is 0.314 e. The van der Waals surface area contributed by atoms with E-state index in [0.29, 0.717) is 13.2 Å². The summed E-state index contributed by atoms with van der Waals surface area (Å²) < 4.78 is 0. The molecule has 0 bridgehead atoms. The summed E-state index contributed by atoms with van der Waals surface area (Å²) in [6.07, 6.45) is -0.477. The number of hydrogen-bond acceptors (Lipinski definition) is 3. The first kappa shape index (κ1) is 12.6. The molecule has 18 heavy (non-hydrogen) atoms. The van der Waals surface area contributed by atoms with Crippen LogP contribution in [0.25, 0.3) is 0 Å². The van der Waals surface area contributed by atoms with Crippen LogP contribution in [0.15, 0.2) is 30.3 Å². The van der Waals surface area contributed by atoms with Crippen molar-refractivity contribution in [2.75, 3.05) is 13.2 Å². The molecule has 1 saturated heterocycles. The molecular weight excluding hydrogens is 232 g/mol. The van der Waals surface area contributed by atoms with Gasteiger partial charge in [0, 0.05) is 20.4 Å². The summed E-state index contributed by atoms with van der Waals surface area (Å²) in [6.45, 7) is 3.75. The van der Waals surface area contributed by atoms with Gasteiger partial charge in [0.25, 0.3) is 0 Å². The van der Waals surface area contributed by atoms with E-state index in [1.54, 1.807) is 4.90 Å². The van der Waals surface area contributed by atoms with E-state index >= 15 is 0 Å². The fraction of sp³-hybridized carbons (Fsp3) is 0.385. The van der Waals surface area contributed by atoms with E-state index in [0.717, 1.165) is 5.56 Å². The Morgan fingerprint density at radius 2 is 1.83 bits per heavy atom. The molecule has 96 valence electrons. The minimum absolute atomic E-state index is 0.0709. The van der Waals surface area contributed by atoms with Crippen LogP contribution >= 0.6 is 0 Å². The molecule has 0 saturated carbocycles. The van der Waals surface area contributed by atoms with Gasteiger partial charge in [-0.15, -0.1) is 0 Å². The van der Waals surface area contributed by atoms with Crippen LogP contribution < -0.4 is 0 Å². The van der Waals surface area contributed by atoms with E-state index in [-0.39, 0.29) is 11.8 Å². The molecule has 1 aliphatic rings. The summed E-state index contributed by atoms with van der Waals surface area (Å²) in [5.41, 5.74) is 0.864. The molecule has 1 fully saturated rings. The average molecular weight is 248 g/mol. The summed E-state index contributed by atoms with van der Waals surface area (Å²) >= 11 is 0. The summed E-state index contributed by atoms with van der Waals surface area (Å²) in [7, 11) is 0. The molecule has 0 N–H and O–H groups in total. The van der Waals surface area contributed by atoms with Gasteiger partial charge < -0.3 is 4.90 Å². The summed E-state index contributed by atoms with van der Waals surface area (Å²) in [6, 6.07) is 9.40. The molecule has 0 aromatic heterocycles. The minimum atomic E-state index is -0.477. The first-order chi connectivity index (χ1) is 8.61. The van der Waals surface area contributed by atoms with E-state index in [9.17, 15) is 9.59 Å². The fourth-order valence-corrected chi connectivity index (χ4v) is 2.09. The van der Waals surface area contributed by atoms with Crippen LogP contribution in [0, 0.1) is 0 Å². The van der Waals surface area contributed by atoms with Crippen LogP contribution in [0.5, 0.6) is 0 Å². The van der Waals surface area contributed by atoms with Gasteiger partial charge in [-0.3, -0.25) is 14.4 Å². The van der Waals surface area contributed by atoms with Crippen molar-refractivity contribution in [3.8, 4) is 0 Å². The van der Waals surface area contributed by atoms with Crippen molar-refractivity contribution < 1.29 is 14.4 Å². The zero-order valence-electron chi connectivity index (χ0n) is 10.5. The Kier molecular flexibility index (Phi) is 3.62. The van der Waals surface area contributed by atoms with Gasteiger partial charge in [0.2, 0.25) is 11.8 Å². The molecule has 2 amide bonds. The number of hydroxylamine groups is 2. The predicted octanol–water partition coefficient (Wildman–Crippen LogP) is 1.33. The van der Waals surface area contributed by atoms with Crippen molar-refractivity contribution in [3.63, 3.8) is 0 Å². The van der Waals surface area contributed by atoms with Gasteiger partial charge in [-0.25, -0.2) is 0 Å². The zero-order chi connectivity index (χ0) is 13.1. The van der Waals surface area contributed by atoms with Crippen LogP contribution in [0.1, 0.15) is 25.6 Å². The van der Waals surface area contributed by atoms with E-state index in [2.05, 4.69) is 0 Å². The molecule has 5 nitrogen and oxygen atoms in total. The summed E-state index contributed by atoms with van der Waals surface area (Å²) in [4.78, 5) is 30.3. The first-order valence-corrected chi connectivity index (χ1v) is 5.86. The molecule has 1 heterocycles. The van der Waals surface area contributed by atoms with Gasteiger partial charge in [-0.1, -0.05) is 30.3 Å². The third-order valence-corrected chi connectivity index (χ3v) is 2.89. The molecular formula is C13H16N2O3. The highest BCUT2D eigenvalue weighted by Gasteiger charge is 2.34. The van der Waals surface area contributed by atoms with Crippen molar-refractivity contribution >= 4 is 11.8 Å². The van der Waals surface area contributed by atoms with Crippen LogP contribution in [-0.4, -0.2) is 34.9 Å². The van der Waals surface area contributed by atoms with Crippen LogP contribution in [0.3, 0.4) is 0 Å². The van der Waals surface area contributed by atoms with E-state index in [4.69, 9.17) is 4.84 Å². The third kappa shape index (κ3) is 2.36. The number of benzene rings is 1. The third-order valence-electron chi connectivity index (χ3n) is 2.89. The highest BCUT2D eigenvalue weighted by molar-refractivity contribution is 5.76. The molecule has 2 rings (SSSR count). The maximum absolute atomic E-state index is 11.7. The highest BCUT2D eigenvalue weighted by atomic mass is 16.7. The Balaban J connectivity index is 2.38. The number of nitrogens with zero attached hydrogens (tertiary/aromatic N) is 2. The molecule has 0 aliphatic carbocycles. The fourth-order valence-electron chi connectivity index (χ4n) is 2.09. The monoisotopic (exact) mass is 248 g/mol. The lowest BCUT2D eigenvalue weighted by Gasteiger charge is -2.42. The van der Waals surface area contributed by atoms with Gasteiger partial charge in [0.1, 0.15) is 0 Å². The number of carbonyl (C=O) groups excluding carboxylic acids is 2. The lowest BCUT2D eigenvalue weighted by atomic mass is 10.1. The van der Waals surface area contributed by atoms with Gasteiger partial charge in [0.15, 0.2) is 6.17 Å². The van der Waals surface area contributed by atoms with Gasteiger partial charge in [-0.05, 0) is 5.56 Å². The van der Waals surface area contributed by atoms with E-state index in [1.165, 1.54) is 18.9 Å². The molecule has 1 aromatic carbocycles. The van der Waals surface area contributed by atoms with Crippen molar-refractivity contribution in [1.82, 2.24) is 9.96 Å². The summed E-state index contributed by atoms with van der Waals surface area (Å²) in [5.74, 6) is -0.284. The van der Waals surface area contributed by atoms with Crippen LogP contribution in [0.2, 0.25) is 0 Å². The topological polar surface area (TPSA) is 49.9 Å². The molecule has 1 aliphatic heterocycles. The molecule has 5 heteroatoms. The molecule has 0 radical (unpaired) electrons. The Bertz CT molecular complexity index is 425. The number of rotatable bonds is 1. The van der Waals surface area contributed by atoms with Crippen LogP contribution in [-0.2, 0) is 14.4 Å². The Morgan fingerprint density at radius 3 is 2.39 bits per heavy atom. The quantitative estimate of drug-likeness (QED) is 0.753. The zero-order valence-corrected chi connectivity index (χ0v) is 10.5. The second-order valence-corrected chi connectivity index (χ2v) is 4.17. The lowest BCUT2D eigenvalue weighted by molar-refractivity contribution is -0.245. The lowest BCUT2D eigenvalue weighted by Crippen LogP contribution is -2.51. The molecule has 1 unspecified atom stereocenters. The van der Waals surface area contributed by atoms with Crippen molar-refractivity contribution in [1.29, 1.82) is 0 Å². The number of carbonyl (C=O) groups is 2. The van der Waals surface area contributed by atoms with Gasteiger partial charge >= 0.3 is 0 Å². The molecule has 1 aromatic rings. The smallest absolute Gasteiger partial charge is 0.245 e. The van der Waals surface area contributed by atoms with E-state index in [1.807, 2.05) is 30.3 Å². The standard InChI is InChI=1S/C13H16N2O3/c1-10(16)14-8-9-18-15(11(2)17)13(14)12-6-4-3-5-7-12/h3-7,13H,8-9H2,1-2H3. The summed E-state index contributed by atoms with van der Waals surface area (Å²) in [5, 5.41) is 1.26. The normalized spacial score (nSPS) is 19.8. The number of amides is 2. The van der Waals surface area contributed by atoms with E-state index < -0.39 is 6.17 Å². The number of hydrogen-bond donors (Lipinski definition) is 0. The van der Waals surface area contributed by atoms with Gasteiger partial charge in [0.05, 0.1) is 6.61 Å². The van der Waals surface area contributed by atoms with Crippen molar-refractivity contribution in [3.05, 3.63) is 35.9 Å².